The van der Waals surface area contributed by atoms with Crippen molar-refractivity contribution in [1.82, 2.24) is 14.5 Å². The number of imidazole rings is 1. The number of ether oxygens (including phenoxy) is 1. The van der Waals surface area contributed by atoms with Crippen molar-refractivity contribution in [3.8, 4) is 0 Å². The van der Waals surface area contributed by atoms with Gasteiger partial charge in [0.25, 0.3) is 0 Å². The van der Waals surface area contributed by atoms with Crippen molar-refractivity contribution in [2.24, 2.45) is 5.92 Å². The molecule has 1 aliphatic heterocycles. The van der Waals surface area contributed by atoms with Gasteiger partial charge in [-0.3, -0.25) is 4.90 Å². The third-order valence-corrected chi connectivity index (χ3v) is 5.60. The molecule has 1 fully saturated rings. The zero-order valence-corrected chi connectivity index (χ0v) is 13.9. The van der Waals surface area contributed by atoms with Gasteiger partial charge in [0, 0.05) is 31.1 Å². The summed E-state index contributed by atoms with van der Waals surface area (Å²) in [5.41, 5.74) is 1.23. The maximum atomic E-state index is 5.84. The Bertz CT molecular complexity index is 618. The van der Waals surface area contributed by atoms with Crippen LogP contribution in [-0.2, 0) is 24.4 Å². The molecule has 0 N–H and O–H groups in total. The number of aromatic nitrogens is 2. The van der Waals surface area contributed by atoms with Gasteiger partial charge < -0.3 is 9.30 Å². The van der Waals surface area contributed by atoms with E-state index in [1.54, 1.807) is 0 Å². The summed E-state index contributed by atoms with van der Waals surface area (Å²) in [6.07, 6.45) is 4.70. The van der Waals surface area contributed by atoms with E-state index >= 15 is 0 Å². The van der Waals surface area contributed by atoms with Gasteiger partial charge in [0.15, 0.2) is 0 Å². The first-order valence-electron chi connectivity index (χ1n) is 8.19. The number of nitrogens with zero attached hydrogens (tertiary/aromatic N) is 3. The van der Waals surface area contributed by atoms with Gasteiger partial charge in [0.1, 0.15) is 5.82 Å². The third kappa shape index (κ3) is 2.98. The lowest BCUT2D eigenvalue weighted by atomic mass is 10.2. The molecule has 118 valence electrons. The molecule has 3 heterocycles. The summed E-state index contributed by atoms with van der Waals surface area (Å²) in [5, 5.41) is 2.15. The zero-order valence-electron chi connectivity index (χ0n) is 13.1. The largest absolute Gasteiger partial charge is 0.375 e. The Hall–Kier alpha value is -1.17. The minimum atomic E-state index is 0.369. The first-order chi connectivity index (χ1) is 10.8. The fraction of sp³-hybridized carbons (Fsp3) is 0.588. The van der Waals surface area contributed by atoms with Crippen LogP contribution < -0.4 is 0 Å². The van der Waals surface area contributed by atoms with Crippen LogP contribution in [0.3, 0.4) is 0 Å². The topological polar surface area (TPSA) is 30.3 Å². The van der Waals surface area contributed by atoms with Crippen molar-refractivity contribution in [3.05, 3.63) is 40.1 Å². The van der Waals surface area contributed by atoms with Crippen LogP contribution in [0.2, 0.25) is 0 Å². The molecule has 2 aromatic heterocycles. The van der Waals surface area contributed by atoms with Crippen LogP contribution in [0, 0.1) is 5.92 Å². The van der Waals surface area contributed by atoms with E-state index in [2.05, 4.69) is 38.9 Å². The van der Waals surface area contributed by atoms with Gasteiger partial charge in [-0.05, 0) is 37.1 Å². The second-order valence-electron chi connectivity index (χ2n) is 6.44. The summed E-state index contributed by atoms with van der Waals surface area (Å²) >= 11 is 1.84. The maximum Gasteiger partial charge on any atom is 0.126 e. The van der Waals surface area contributed by atoms with E-state index in [1.807, 2.05) is 17.5 Å². The molecule has 5 heteroatoms. The van der Waals surface area contributed by atoms with Gasteiger partial charge >= 0.3 is 0 Å². The molecule has 1 atom stereocenters. The molecule has 0 saturated heterocycles. The van der Waals surface area contributed by atoms with E-state index in [0.29, 0.717) is 12.6 Å². The molecule has 0 unspecified atom stereocenters. The van der Waals surface area contributed by atoms with E-state index < -0.39 is 0 Å². The number of rotatable bonds is 6. The molecule has 0 radical (unpaired) electrons. The first-order valence-corrected chi connectivity index (χ1v) is 9.07. The molecule has 4 nitrogen and oxygen atoms in total. The summed E-state index contributed by atoms with van der Waals surface area (Å²) in [6, 6.07) is 4.72. The monoisotopic (exact) mass is 317 g/mol. The molecule has 0 spiro atoms. The van der Waals surface area contributed by atoms with Gasteiger partial charge in [0.05, 0.1) is 24.5 Å². The predicted octanol–water partition coefficient (Wildman–Crippen LogP) is 3.45. The lowest BCUT2D eigenvalue weighted by Gasteiger charge is -2.34. The van der Waals surface area contributed by atoms with Crippen LogP contribution in [0.1, 0.15) is 42.2 Å². The second kappa shape index (κ2) is 6.14. The van der Waals surface area contributed by atoms with Crippen molar-refractivity contribution < 1.29 is 4.74 Å². The van der Waals surface area contributed by atoms with Crippen LogP contribution in [0.4, 0.5) is 0 Å². The third-order valence-electron chi connectivity index (χ3n) is 4.74. The smallest absolute Gasteiger partial charge is 0.126 e. The molecule has 2 aromatic rings. The Labute approximate surface area is 135 Å². The minimum absolute atomic E-state index is 0.369. The molecule has 0 amide bonds. The fourth-order valence-electron chi connectivity index (χ4n) is 3.15. The first kappa shape index (κ1) is 14.4. The van der Waals surface area contributed by atoms with Crippen molar-refractivity contribution in [1.29, 1.82) is 0 Å². The Balaban J connectivity index is 1.42. The highest BCUT2D eigenvalue weighted by atomic mass is 32.1. The van der Waals surface area contributed by atoms with E-state index in [4.69, 9.17) is 4.74 Å². The van der Waals surface area contributed by atoms with Crippen LogP contribution in [0.15, 0.2) is 23.7 Å². The molecule has 4 rings (SSSR count). The predicted molar refractivity (Wildman–Crippen MR) is 87.8 cm³/mol. The van der Waals surface area contributed by atoms with E-state index in [0.717, 1.165) is 32.2 Å². The van der Waals surface area contributed by atoms with Crippen molar-refractivity contribution in [2.45, 2.75) is 45.5 Å². The van der Waals surface area contributed by atoms with Gasteiger partial charge in [-0.15, -0.1) is 11.3 Å². The van der Waals surface area contributed by atoms with Gasteiger partial charge in [-0.25, -0.2) is 4.98 Å². The van der Waals surface area contributed by atoms with Gasteiger partial charge in [-0.2, -0.15) is 0 Å². The van der Waals surface area contributed by atoms with Crippen LogP contribution in [-0.4, -0.2) is 27.6 Å². The van der Waals surface area contributed by atoms with E-state index in [9.17, 15) is 0 Å². The Kier molecular flexibility index (Phi) is 4.03. The lowest BCUT2D eigenvalue weighted by Crippen LogP contribution is -2.37. The van der Waals surface area contributed by atoms with E-state index in [1.165, 1.54) is 29.2 Å². The molecular formula is C17H23N3OS. The SMILES string of the molecule is C[C@@H]1c2ncc(COCC3CC3)n2CCN1Cc1cccs1. The molecule has 0 bridgehead atoms. The van der Waals surface area contributed by atoms with Gasteiger partial charge in [-0.1, -0.05) is 6.07 Å². The zero-order chi connectivity index (χ0) is 14.9. The van der Waals surface area contributed by atoms with Crippen molar-refractivity contribution in [2.75, 3.05) is 13.2 Å². The lowest BCUT2D eigenvalue weighted by molar-refractivity contribution is 0.101. The Morgan fingerprint density at radius 1 is 1.36 bits per heavy atom. The summed E-state index contributed by atoms with van der Waals surface area (Å²) in [4.78, 5) is 8.62. The van der Waals surface area contributed by atoms with Crippen LogP contribution in [0.25, 0.3) is 0 Å². The molecule has 2 aliphatic rings. The van der Waals surface area contributed by atoms with Gasteiger partial charge in [0.2, 0.25) is 0 Å². The Morgan fingerprint density at radius 2 is 2.27 bits per heavy atom. The molecule has 1 aliphatic carbocycles. The summed E-state index contributed by atoms with van der Waals surface area (Å²) in [5.74, 6) is 2.01. The average Bonchev–Trinajstić information content (AvgIpc) is 3.03. The molecule has 1 saturated carbocycles. The van der Waals surface area contributed by atoms with Crippen molar-refractivity contribution >= 4 is 11.3 Å². The molecule has 0 aromatic carbocycles. The standard InChI is InChI=1S/C17H23N3OS/c1-13-17-18-9-15(12-21-11-14-4-5-14)20(17)7-6-19(13)10-16-3-2-8-22-16/h2-3,8-9,13-14H,4-7,10-12H2,1H3/t13-/m1/s1. The van der Waals surface area contributed by atoms with Crippen molar-refractivity contribution in [3.63, 3.8) is 0 Å². The fourth-order valence-corrected chi connectivity index (χ4v) is 3.88. The highest BCUT2D eigenvalue weighted by Crippen LogP contribution is 2.30. The van der Waals surface area contributed by atoms with Crippen LogP contribution >= 0.6 is 11.3 Å². The number of hydrogen-bond donors (Lipinski definition) is 0. The average molecular weight is 317 g/mol. The summed E-state index contributed by atoms with van der Waals surface area (Å²) in [6.45, 7) is 7.02. The van der Waals surface area contributed by atoms with E-state index in [-0.39, 0.29) is 0 Å². The Morgan fingerprint density at radius 3 is 3.05 bits per heavy atom. The number of hydrogen-bond acceptors (Lipinski definition) is 4. The summed E-state index contributed by atoms with van der Waals surface area (Å²) < 4.78 is 8.21. The number of thiophene rings is 1. The number of fused-ring (bicyclic) bond motifs is 1. The summed E-state index contributed by atoms with van der Waals surface area (Å²) in [7, 11) is 0. The second-order valence-corrected chi connectivity index (χ2v) is 7.48. The highest BCUT2D eigenvalue weighted by Gasteiger charge is 2.27. The van der Waals surface area contributed by atoms with Crippen LogP contribution in [0.5, 0.6) is 0 Å². The maximum absolute atomic E-state index is 5.84. The molecule has 22 heavy (non-hydrogen) atoms. The highest BCUT2D eigenvalue weighted by molar-refractivity contribution is 7.09. The normalized spacial score (nSPS) is 22.0. The quantitative estimate of drug-likeness (QED) is 0.817. The molecular weight excluding hydrogens is 294 g/mol. The minimum Gasteiger partial charge on any atom is -0.375 e.